The van der Waals surface area contributed by atoms with Crippen LogP contribution in [0.4, 0.5) is 5.95 Å². The van der Waals surface area contributed by atoms with Crippen molar-refractivity contribution in [2.24, 2.45) is 5.10 Å². The summed E-state index contributed by atoms with van der Waals surface area (Å²) in [6.07, 6.45) is 7.20. The molecular formula is C29H20BrN7. The third kappa shape index (κ3) is 4.87. The first kappa shape index (κ1) is 22.8. The highest BCUT2D eigenvalue weighted by Gasteiger charge is 2.13. The number of para-hydroxylation sites is 1. The quantitative estimate of drug-likeness (QED) is 0.185. The van der Waals surface area contributed by atoms with E-state index < -0.39 is 0 Å². The van der Waals surface area contributed by atoms with Gasteiger partial charge in [0.15, 0.2) is 0 Å². The predicted molar refractivity (Wildman–Crippen MR) is 151 cm³/mol. The first-order valence-corrected chi connectivity index (χ1v) is 12.4. The van der Waals surface area contributed by atoms with Gasteiger partial charge in [0.05, 0.1) is 23.1 Å². The van der Waals surface area contributed by atoms with Crippen LogP contribution in [0.3, 0.4) is 0 Å². The summed E-state index contributed by atoms with van der Waals surface area (Å²) in [7, 11) is 0. The molecule has 0 radical (unpaired) electrons. The van der Waals surface area contributed by atoms with Crippen molar-refractivity contribution in [2.45, 2.75) is 0 Å². The van der Waals surface area contributed by atoms with Gasteiger partial charge >= 0.3 is 0 Å². The van der Waals surface area contributed by atoms with Gasteiger partial charge in [-0.2, -0.15) is 10.2 Å². The number of hydrogen-bond donors (Lipinski definition) is 1. The van der Waals surface area contributed by atoms with Crippen molar-refractivity contribution in [3.05, 3.63) is 120 Å². The zero-order chi connectivity index (χ0) is 25.0. The fraction of sp³-hybridized carbons (Fsp3) is 0. The lowest BCUT2D eigenvalue weighted by molar-refractivity contribution is 0.884. The summed E-state index contributed by atoms with van der Waals surface area (Å²) in [5.74, 6) is 0.406. The van der Waals surface area contributed by atoms with E-state index in [9.17, 15) is 0 Å². The maximum absolute atomic E-state index is 4.80. The Hall–Kier alpha value is -4.69. The Morgan fingerprint density at radius 1 is 0.811 bits per heavy atom. The van der Waals surface area contributed by atoms with Crippen LogP contribution in [-0.4, -0.2) is 30.9 Å². The molecule has 0 fully saturated rings. The van der Waals surface area contributed by atoms with Gasteiger partial charge in [0.25, 0.3) is 0 Å². The molecule has 7 nitrogen and oxygen atoms in total. The Labute approximate surface area is 221 Å². The SMILES string of the molecule is Brc1ccc2nc(N/N=C/c3cn(-c4ccccc4)nc3-c3cccnc3)nc(-c3ccccc3)c2c1. The van der Waals surface area contributed by atoms with E-state index in [0.717, 1.165) is 49.1 Å². The minimum absolute atomic E-state index is 0.406. The molecule has 3 aromatic carbocycles. The van der Waals surface area contributed by atoms with Gasteiger partial charge in [0.2, 0.25) is 5.95 Å². The van der Waals surface area contributed by atoms with Gasteiger partial charge in [-0.1, -0.05) is 64.5 Å². The Bertz CT molecular complexity index is 1700. The van der Waals surface area contributed by atoms with Crippen LogP contribution in [-0.2, 0) is 0 Å². The number of pyridine rings is 1. The minimum atomic E-state index is 0.406. The molecule has 37 heavy (non-hydrogen) atoms. The molecule has 0 saturated heterocycles. The van der Waals surface area contributed by atoms with Crippen LogP contribution in [0.1, 0.15) is 5.56 Å². The van der Waals surface area contributed by atoms with Crippen molar-refractivity contribution in [1.29, 1.82) is 0 Å². The van der Waals surface area contributed by atoms with E-state index in [2.05, 4.69) is 36.4 Å². The molecule has 8 heteroatoms. The molecule has 0 aliphatic rings. The van der Waals surface area contributed by atoms with Crippen LogP contribution < -0.4 is 5.43 Å². The van der Waals surface area contributed by atoms with Crippen molar-refractivity contribution >= 4 is 39.0 Å². The van der Waals surface area contributed by atoms with Gasteiger partial charge in [-0.25, -0.2) is 20.1 Å². The molecule has 3 heterocycles. The van der Waals surface area contributed by atoms with Crippen molar-refractivity contribution < 1.29 is 0 Å². The van der Waals surface area contributed by atoms with E-state index in [1.54, 1.807) is 18.6 Å². The summed E-state index contributed by atoms with van der Waals surface area (Å²) in [5.41, 5.74) is 9.14. The van der Waals surface area contributed by atoms with Crippen LogP contribution in [0, 0.1) is 0 Å². The largest absolute Gasteiger partial charge is 0.264 e. The Morgan fingerprint density at radius 3 is 2.38 bits per heavy atom. The monoisotopic (exact) mass is 545 g/mol. The third-order valence-electron chi connectivity index (χ3n) is 5.77. The van der Waals surface area contributed by atoms with E-state index in [4.69, 9.17) is 10.1 Å². The van der Waals surface area contributed by atoms with Gasteiger partial charge in [-0.3, -0.25) is 4.98 Å². The number of aromatic nitrogens is 5. The Kier molecular flexibility index (Phi) is 6.22. The molecule has 0 aliphatic carbocycles. The molecule has 1 N–H and O–H groups in total. The molecule has 0 saturated carbocycles. The number of hydrazone groups is 1. The highest BCUT2D eigenvalue weighted by atomic mass is 79.9. The van der Waals surface area contributed by atoms with E-state index in [1.165, 1.54) is 0 Å². The summed E-state index contributed by atoms with van der Waals surface area (Å²) in [6, 6.07) is 29.8. The molecule has 6 aromatic rings. The van der Waals surface area contributed by atoms with Crippen molar-refractivity contribution in [3.8, 4) is 28.2 Å². The molecule has 0 aliphatic heterocycles. The lowest BCUT2D eigenvalue weighted by Gasteiger charge is -2.09. The molecule has 3 aromatic heterocycles. The number of nitrogens with zero attached hydrogens (tertiary/aromatic N) is 6. The average Bonchev–Trinajstić information content (AvgIpc) is 3.38. The number of fused-ring (bicyclic) bond motifs is 1. The fourth-order valence-electron chi connectivity index (χ4n) is 4.05. The fourth-order valence-corrected chi connectivity index (χ4v) is 4.41. The topological polar surface area (TPSA) is 80.9 Å². The number of anilines is 1. The van der Waals surface area contributed by atoms with Crippen LogP contribution in [0.5, 0.6) is 0 Å². The molecular weight excluding hydrogens is 526 g/mol. The third-order valence-corrected chi connectivity index (χ3v) is 6.26. The molecule has 0 amide bonds. The number of rotatable bonds is 6. The molecule has 0 spiro atoms. The van der Waals surface area contributed by atoms with Crippen LogP contribution in [0.2, 0.25) is 0 Å². The van der Waals surface area contributed by atoms with Gasteiger partial charge in [-0.05, 0) is 42.5 Å². The lowest BCUT2D eigenvalue weighted by atomic mass is 10.1. The second-order valence-corrected chi connectivity index (χ2v) is 9.16. The molecule has 6 rings (SSSR count). The van der Waals surface area contributed by atoms with Crippen molar-refractivity contribution in [1.82, 2.24) is 24.7 Å². The lowest BCUT2D eigenvalue weighted by Crippen LogP contribution is -2.00. The zero-order valence-corrected chi connectivity index (χ0v) is 21.1. The summed E-state index contributed by atoms with van der Waals surface area (Å²) >= 11 is 3.56. The molecule has 0 unspecified atom stereocenters. The molecule has 0 atom stereocenters. The van der Waals surface area contributed by atoms with E-state index in [0.29, 0.717) is 5.95 Å². The molecule has 0 bridgehead atoms. The van der Waals surface area contributed by atoms with Crippen LogP contribution >= 0.6 is 15.9 Å². The van der Waals surface area contributed by atoms with E-state index in [1.807, 2.05) is 102 Å². The second kappa shape index (κ2) is 10.1. The minimum Gasteiger partial charge on any atom is -0.264 e. The average molecular weight is 546 g/mol. The normalized spacial score (nSPS) is 11.3. The Morgan fingerprint density at radius 2 is 1.59 bits per heavy atom. The van der Waals surface area contributed by atoms with E-state index >= 15 is 0 Å². The number of halogens is 1. The maximum Gasteiger partial charge on any atom is 0.244 e. The maximum atomic E-state index is 4.80. The van der Waals surface area contributed by atoms with Crippen LogP contribution in [0.15, 0.2) is 119 Å². The summed E-state index contributed by atoms with van der Waals surface area (Å²) < 4.78 is 2.81. The first-order valence-electron chi connectivity index (χ1n) is 11.6. The summed E-state index contributed by atoms with van der Waals surface area (Å²) in [6.45, 7) is 0. The van der Waals surface area contributed by atoms with E-state index in [-0.39, 0.29) is 0 Å². The zero-order valence-electron chi connectivity index (χ0n) is 19.5. The number of nitrogens with one attached hydrogen (secondary N) is 1. The van der Waals surface area contributed by atoms with Gasteiger partial charge in [0.1, 0.15) is 5.69 Å². The Balaban J connectivity index is 1.37. The standard InChI is InChI=1S/C29H20BrN7/c30-23-13-14-26-25(16-23)28(20-8-3-1-4-9-20)34-29(33-26)35-32-18-22-19-37(24-11-5-2-6-12-24)36-27(22)21-10-7-15-31-17-21/h1-19H,(H,33,34,35)/b32-18+. The number of hydrogen-bond acceptors (Lipinski definition) is 6. The molecule has 178 valence electrons. The van der Waals surface area contributed by atoms with Crippen LogP contribution in [0.25, 0.3) is 39.1 Å². The first-order chi connectivity index (χ1) is 18.2. The predicted octanol–water partition coefficient (Wildman–Crippen LogP) is 6.75. The summed E-state index contributed by atoms with van der Waals surface area (Å²) in [5, 5.41) is 10.2. The second-order valence-electron chi connectivity index (χ2n) is 8.25. The van der Waals surface area contributed by atoms with Gasteiger partial charge in [0, 0.05) is 45.1 Å². The highest BCUT2D eigenvalue weighted by Crippen LogP contribution is 2.29. The van der Waals surface area contributed by atoms with Gasteiger partial charge < -0.3 is 0 Å². The van der Waals surface area contributed by atoms with Crippen molar-refractivity contribution in [3.63, 3.8) is 0 Å². The van der Waals surface area contributed by atoms with Crippen molar-refractivity contribution in [2.75, 3.05) is 5.43 Å². The van der Waals surface area contributed by atoms with Gasteiger partial charge in [-0.15, -0.1) is 0 Å². The summed E-state index contributed by atoms with van der Waals surface area (Å²) in [4.78, 5) is 13.7. The number of benzene rings is 3. The highest BCUT2D eigenvalue weighted by molar-refractivity contribution is 9.10. The smallest absolute Gasteiger partial charge is 0.244 e.